The second-order valence-electron chi connectivity index (χ2n) is 5.75. The van der Waals surface area contributed by atoms with Crippen molar-refractivity contribution in [2.24, 2.45) is 0 Å². The molecule has 1 aliphatic heterocycles. The summed E-state index contributed by atoms with van der Waals surface area (Å²) in [6.45, 7) is 6.40. The topological polar surface area (TPSA) is 46.9 Å². The van der Waals surface area contributed by atoms with Crippen molar-refractivity contribution in [3.05, 3.63) is 41.1 Å². The molecule has 1 fully saturated rings. The minimum absolute atomic E-state index is 0. The second kappa shape index (κ2) is 11.7. The van der Waals surface area contributed by atoms with Crippen LogP contribution in [0.1, 0.15) is 5.76 Å². The normalized spacial score (nSPS) is 14.4. The lowest BCUT2D eigenvalue weighted by Gasteiger charge is -2.26. The van der Waals surface area contributed by atoms with Gasteiger partial charge in [-0.25, -0.2) is 0 Å². The second-order valence-corrected chi connectivity index (χ2v) is 6.15. The van der Waals surface area contributed by atoms with E-state index in [9.17, 15) is 0 Å². The Hall–Kier alpha value is -0.950. The zero-order valence-electron chi connectivity index (χ0n) is 14.6. The van der Waals surface area contributed by atoms with Gasteiger partial charge in [0.2, 0.25) is 0 Å². The van der Waals surface area contributed by atoms with E-state index >= 15 is 0 Å². The van der Waals surface area contributed by atoms with Crippen molar-refractivity contribution < 1.29 is 38.7 Å². The molecule has 0 unspecified atom stereocenters. The van der Waals surface area contributed by atoms with Crippen LogP contribution in [0.3, 0.4) is 0 Å². The maximum Gasteiger partial charge on any atom is 0.137 e. The maximum atomic E-state index is 6.17. The molecule has 1 aromatic heterocycles. The van der Waals surface area contributed by atoms with E-state index in [1.807, 2.05) is 30.3 Å². The first kappa shape index (κ1) is 23.1. The Bertz CT molecular complexity index is 661. The molecule has 0 bridgehead atoms. The van der Waals surface area contributed by atoms with Crippen molar-refractivity contribution in [1.29, 1.82) is 0 Å². The van der Waals surface area contributed by atoms with Gasteiger partial charge in [0.15, 0.2) is 0 Å². The van der Waals surface area contributed by atoms with Crippen molar-refractivity contribution in [2.45, 2.75) is 6.54 Å². The van der Waals surface area contributed by atoms with E-state index in [4.69, 9.17) is 25.5 Å². The number of nitrogens with zero attached hydrogens (tertiary/aromatic N) is 1. The summed E-state index contributed by atoms with van der Waals surface area (Å²) < 4.78 is 16.4. The molecule has 2 aromatic rings. The number of halogens is 3. The Morgan fingerprint density at radius 1 is 1.15 bits per heavy atom. The number of morpholine rings is 1. The molecular formula is C18H23Cl3N2O3-2. The van der Waals surface area contributed by atoms with E-state index in [1.165, 1.54) is 0 Å². The number of benzene rings is 1. The van der Waals surface area contributed by atoms with Gasteiger partial charge in [0.05, 0.1) is 31.9 Å². The fourth-order valence-corrected chi connectivity index (χ4v) is 2.98. The lowest BCUT2D eigenvalue weighted by molar-refractivity contribution is -0.001000. The van der Waals surface area contributed by atoms with E-state index in [2.05, 4.69) is 10.2 Å². The summed E-state index contributed by atoms with van der Waals surface area (Å²) in [6.07, 6.45) is 0. The smallest absolute Gasteiger partial charge is 0.137 e. The molecule has 26 heavy (non-hydrogen) atoms. The molecule has 0 atom stereocenters. The highest BCUT2D eigenvalue weighted by Crippen LogP contribution is 2.31. The third-order valence-corrected chi connectivity index (χ3v) is 4.40. The van der Waals surface area contributed by atoms with Gasteiger partial charge in [-0.3, -0.25) is 4.90 Å². The monoisotopic (exact) mass is 420 g/mol. The molecule has 0 radical (unpaired) electrons. The molecule has 0 amide bonds. The summed E-state index contributed by atoms with van der Waals surface area (Å²) >= 11 is 6.17. The van der Waals surface area contributed by atoms with Crippen LogP contribution in [0.5, 0.6) is 5.75 Å². The van der Waals surface area contributed by atoms with Crippen LogP contribution in [0.2, 0.25) is 5.02 Å². The molecule has 0 spiro atoms. The quantitative estimate of drug-likeness (QED) is 0.484. The van der Waals surface area contributed by atoms with Crippen molar-refractivity contribution in [2.75, 3.05) is 46.5 Å². The first-order valence-electron chi connectivity index (χ1n) is 8.20. The molecule has 5 nitrogen and oxygen atoms in total. The Labute approximate surface area is 171 Å². The van der Waals surface area contributed by atoms with Crippen molar-refractivity contribution in [3.8, 4) is 17.1 Å². The summed E-state index contributed by atoms with van der Waals surface area (Å²) in [5.74, 6) is 2.39. The number of rotatable bonds is 7. The zero-order chi connectivity index (χ0) is 16.8. The van der Waals surface area contributed by atoms with Gasteiger partial charge in [-0.05, 0) is 30.3 Å². The summed E-state index contributed by atoms with van der Waals surface area (Å²) in [4.78, 5) is 2.41. The van der Waals surface area contributed by atoms with E-state index < -0.39 is 0 Å². The summed E-state index contributed by atoms with van der Waals surface area (Å²) in [6, 6.07) is 9.61. The predicted molar refractivity (Wildman–Crippen MR) is 94.7 cm³/mol. The van der Waals surface area contributed by atoms with Crippen LogP contribution in [0.15, 0.2) is 34.7 Å². The Morgan fingerprint density at radius 2 is 1.92 bits per heavy atom. The van der Waals surface area contributed by atoms with Gasteiger partial charge < -0.3 is 44.0 Å². The lowest BCUT2D eigenvalue weighted by Crippen LogP contribution is -3.00. The molecule has 1 saturated heterocycles. The first-order valence-corrected chi connectivity index (χ1v) is 8.57. The van der Waals surface area contributed by atoms with Gasteiger partial charge in [-0.1, -0.05) is 11.6 Å². The van der Waals surface area contributed by atoms with E-state index in [-0.39, 0.29) is 24.8 Å². The van der Waals surface area contributed by atoms with Gasteiger partial charge in [-0.2, -0.15) is 0 Å². The van der Waals surface area contributed by atoms with E-state index in [0.29, 0.717) is 17.3 Å². The minimum Gasteiger partial charge on any atom is -1.00 e. The Balaban J connectivity index is 0.00000169. The largest absolute Gasteiger partial charge is 1.00 e. The highest BCUT2D eigenvalue weighted by molar-refractivity contribution is 6.32. The Kier molecular flexibility index (Phi) is 10.4. The maximum absolute atomic E-state index is 6.17. The number of ether oxygens (including phenoxy) is 2. The number of methoxy groups -OCH3 is 1. The van der Waals surface area contributed by atoms with Gasteiger partial charge in [0.25, 0.3) is 0 Å². The van der Waals surface area contributed by atoms with Gasteiger partial charge in [-0.15, -0.1) is 0 Å². The molecular weight excluding hydrogens is 399 g/mol. The van der Waals surface area contributed by atoms with Crippen LogP contribution >= 0.6 is 11.6 Å². The lowest BCUT2D eigenvalue weighted by atomic mass is 10.2. The third-order valence-electron chi connectivity index (χ3n) is 4.11. The minimum atomic E-state index is 0. The van der Waals surface area contributed by atoms with Gasteiger partial charge >= 0.3 is 0 Å². The predicted octanol–water partition coefficient (Wildman–Crippen LogP) is -2.96. The van der Waals surface area contributed by atoms with E-state index in [1.54, 1.807) is 7.11 Å². The van der Waals surface area contributed by atoms with Crippen LogP contribution in [-0.2, 0) is 11.3 Å². The highest BCUT2D eigenvalue weighted by Gasteiger charge is 2.10. The van der Waals surface area contributed by atoms with Crippen molar-refractivity contribution >= 4 is 11.6 Å². The third kappa shape index (κ3) is 6.34. The number of hydrogen-bond donors (Lipinski definition) is 1. The van der Waals surface area contributed by atoms with Crippen LogP contribution in [0.25, 0.3) is 11.3 Å². The zero-order valence-corrected chi connectivity index (χ0v) is 16.9. The van der Waals surface area contributed by atoms with Crippen LogP contribution < -0.4 is 34.9 Å². The van der Waals surface area contributed by atoms with E-state index in [0.717, 1.165) is 56.5 Å². The number of furan rings is 1. The van der Waals surface area contributed by atoms with Gasteiger partial charge in [0.1, 0.15) is 17.3 Å². The molecule has 0 saturated carbocycles. The average molecular weight is 422 g/mol. The van der Waals surface area contributed by atoms with Crippen molar-refractivity contribution in [3.63, 3.8) is 0 Å². The molecule has 146 valence electrons. The van der Waals surface area contributed by atoms with Crippen LogP contribution in [-0.4, -0.2) is 51.4 Å². The summed E-state index contributed by atoms with van der Waals surface area (Å²) in [5.41, 5.74) is 0.945. The number of hydrogen-bond acceptors (Lipinski definition) is 5. The number of nitrogens with one attached hydrogen (secondary N) is 1. The molecule has 1 N–H and O–H groups in total. The SMILES string of the molecule is COc1ccc(-c2ccc(CNCCN3CCOCC3)o2)cc1Cl.[Cl-].[Cl-]. The highest BCUT2D eigenvalue weighted by atomic mass is 35.5. The fraction of sp³-hybridized carbons (Fsp3) is 0.444. The molecule has 8 heteroatoms. The molecule has 0 aliphatic carbocycles. The van der Waals surface area contributed by atoms with Crippen LogP contribution in [0, 0.1) is 0 Å². The first-order chi connectivity index (χ1) is 11.8. The summed E-state index contributed by atoms with van der Waals surface area (Å²) in [5, 5.41) is 4.00. The molecule has 2 heterocycles. The van der Waals surface area contributed by atoms with Gasteiger partial charge in [0, 0.05) is 31.7 Å². The molecule has 3 rings (SSSR count). The van der Waals surface area contributed by atoms with Crippen LogP contribution in [0.4, 0.5) is 0 Å². The average Bonchev–Trinajstić information content (AvgIpc) is 3.08. The molecule has 1 aromatic carbocycles. The fourth-order valence-electron chi connectivity index (χ4n) is 2.72. The Morgan fingerprint density at radius 3 is 2.62 bits per heavy atom. The standard InChI is InChI=1S/C18H23ClN2O3.2ClH/c1-22-18-4-2-14(12-16(18)19)17-5-3-15(24-17)13-20-6-7-21-8-10-23-11-9-21;;/h2-5,12,20H,6-11,13H2,1H3;2*1H/p-2. The summed E-state index contributed by atoms with van der Waals surface area (Å²) in [7, 11) is 1.61. The van der Waals surface area contributed by atoms with Crippen molar-refractivity contribution in [1.82, 2.24) is 10.2 Å². The molecule has 1 aliphatic rings.